The number of ether oxygens (including phenoxy) is 2. The Hall–Kier alpha value is -2.04. The molecule has 1 aromatic carbocycles. The topological polar surface area (TPSA) is 64.6 Å². The zero-order valence-corrected chi connectivity index (χ0v) is 12.0. The lowest BCUT2D eigenvalue weighted by Crippen LogP contribution is -2.35. The molecule has 1 amide bonds. The van der Waals surface area contributed by atoms with Crippen molar-refractivity contribution in [3.05, 3.63) is 23.8 Å². The molecule has 1 aromatic rings. The summed E-state index contributed by atoms with van der Waals surface area (Å²) in [6.07, 6.45) is 0.662. The van der Waals surface area contributed by atoms with E-state index >= 15 is 0 Å². The van der Waals surface area contributed by atoms with E-state index in [1.165, 1.54) is 0 Å². The first kappa shape index (κ1) is 14.4. The van der Waals surface area contributed by atoms with Gasteiger partial charge in [0.15, 0.2) is 5.78 Å². The number of ketones is 1. The molecule has 0 radical (unpaired) electrons. The fraction of sp³-hybridized carbons (Fsp3) is 0.467. The van der Waals surface area contributed by atoms with Crippen LogP contribution in [0.3, 0.4) is 0 Å². The van der Waals surface area contributed by atoms with E-state index in [1.54, 1.807) is 25.2 Å². The third-order valence-corrected chi connectivity index (χ3v) is 3.10. The van der Waals surface area contributed by atoms with Gasteiger partial charge in [-0.3, -0.25) is 9.59 Å². The molecule has 1 heterocycles. The summed E-state index contributed by atoms with van der Waals surface area (Å²) < 4.78 is 11.3. The van der Waals surface area contributed by atoms with Gasteiger partial charge in [0, 0.05) is 13.1 Å². The predicted octanol–water partition coefficient (Wildman–Crippen LogP) is 1.95. The van der Waals surface area contributed by atoms with Gasteiger partial charge in [0.2, 0.25) is 5.91 Å². The van der Waals surface area contributed by atoms with Gasteiger partial charge in [0.25, 0.3) is 0 Å². The van der Waals surface area contributed by atoms with Gasteiger partial charge in [-0.2, -0.15) is 0 Å². The minimum Gasteiger partial charge on any atom is -0.493 e. The summed E-state index contributed by atoms with van der Waals surface area (Å²) in [5.74, 6) is 1.14. The maximum absolute atomic E-state index is 12.0. The predicted molar refractivity (Wildman–Crippen MR) is 74.3 cm³/mol. The minimum atomic E-state index is -0.495. The van der Waals surface area contributed by atoms with Gasteiger partial charge >= 0.3 is 0 Å². The van der Waals surface area contributed by atoms with E-state index in [2.05, 4.69) is 5.32 Å². The standard InChI is InChI=1S/C15H19NO4/c1-15(2)9-12(17)11-5-4-10(8-13(11)20-15)19-7-6-14(18)16-3/h4-5,8H,6-7,9H2,1-3H3,(H,16,18). The quantitative estimate of drug-likeness (QED) is 0.913. The van der Waals surface area contributed by atoms with E-state index in [-0.39, 0.29) is 18.3 Å². The van der Waals surface area contributed by atoms with Crippen LogP contribution in [0, 0.1) is 0 Å². The fourth-order valence-electron chi connectivity index (χ4n) is 2.11. The molecule has 0 aromatic heterocycles. The summed E-state index contributed by atoms with van der Waals surface area (Å²) in [5.41, 5.74) is 0.0909. The normalized spacial score (nSPS) is 16.1. The van der Waals surface area contributed by atoms with Crippen LogP contribution in [-0.2, 0) is 4.79 Å². The van der Waals surface area contributed by atoms with Crippen molar-refractivity contribution in [2.24, 2.45) is 0 Å². The van der Waals surface area contributed by atoms with Crippen LogP contribution in [0.15, 0.2) is 18.2 Å². The molecule has 2 rings (SSSR count). The molecule has 0 saturated heterocycles. The monoisotopic (exact) mass is 277 g/mol. The summed E-state index contributed by atoms with van der Waals surface area (Å²) in [6, 6.07) is 5.14. The van der Waals surface area contributed by atoms with E-state index in [0.717, 1.165) is 0 Å². The van der Waals surface area contributed by atoms with Gasteiger partial charge in [-0.25, -0.2) is 0 Å². The van der Waals surface area contributed by atoms with Crippen molar-refractivity contribution >= 4 is 11.7 Å². The molecule has 1 N–H and O–H groups in total. The molecular formula is C15H19NO4. The van der Waals surface area contributed by atoms with E-state index in [4.69, 9.17) is 9.47 Å². The van der Waals surface area contributed by atoms with Crippen LogP contribution in [0.4, 0.5) is 0 Å². The van der Waals surface area contributed by atoms with Crippen LogP contribution in [0.2, 0.25) is 0 Å². The number of carbonyl (C=O) groups excluding carboxylic acids is 2. The Kier molecular flexibility index (Phi) is 3.97. The molecule has 1 aliphatic rings. The molecule has 5 heteroatoms. The Morgan fingerprint density at radius 1 is 1.45 bits per heavy atom. The Morgan fingerprint density at radius 3 is 2.90 bits per heavy atom. The smallest absolute Gasteiger partial charge is 0.223 e. The van der Waals surface area contributed by atoms with Gasteiger partial charge in [-0.05, 0) is 26.0 Å². The van der Waals surface area contributed by atoms with E-state index in [0.29, 0.717) is 29.9 Å². The molecule has 0 unspecified atom stereocenters. The zero-order chi connectivity index (χ0) is 14.8. The summed E-state index contributed by atoms with van der Waals surface area (Å²) in [5, 5.41) is 2.53. The van der Waals surface area contributed by atoms with E-state index in [9.17, 15) is 9.59 Å². The van der Waals surface area contributed by atoms with E-state index < -0.39 is 5.60 Å². The van der Waals surface area contributed by atoms with Crippen molar-refractivity contribution in [2.45, 2.75) is 32.3 Å². The Labute approximate surface area is 118 Å². The SMILES string of the molecule is CNC(=O)CCOc1ccc2c(c1)OC(C)(C)CC2=O. The Balaban J connectivity index is 2.07. The van der Waals surface area contributed by atoms with Crippen molar-refractivity contribution in [1.82, 2.24) is 5.32 Å². The number of hydrogen-bond acceptors (Lipinski definition) is 4. The summed E-state index contributed by atoms with van der Waals surface area (Å²) >= 11 is 0. The lowest BCUT2D eigenvalue weighted by molar-refractivity contribution is -0.121. The van der Waals surface area contributed by atoms with Crippen LogP contribution in [-0.4, -0.2) is 30.9 Å². The molecule has 108 valence electrons. The molecule has 0 fully saturated rings. The summed E-state index contributed by atoms with van der Waals surface area (Å²) in [7, 11) is 1.59. The molecule has 0 aliphatic carbocycles. The zero-order valence-electron chi connectivity index (χ0n) is 12.0. The highest BCUT2D eigenvalue weighted by Crippen LogP contribution is 2.35. The third-order valence-electron chi connectivity index (χ3n) is 3.10. The first-order valence-electron chi connectivity index (χ1n) is 6.61. The maximum Gasteiger partial charge on any atom is 0.223 e. The number of Topliss-reactive ketones (excluding diaryl/α,β-unsaturated/α-hetero) is 1. The number of hydrogen-bond donors (Lipinski definition) is 1. The fourth-order valence-corrected chi connectivity index (χ4v) is 2.11. The van der Waals surface area contributed by atoms with Crippen molar-refractivity contribution < 1.29 is 19.1 Å². The van der Waals surface area contributed by atoms with Crippen molar-refractivity contribution in [3.8, 4) is 11.5 Å². The van der Waals surface area contributed by atoms with Gasteiger partial charge in [0.05, 0.1) is 25.0 Å². The third kappa shape index (κ3) is 3.29. The highest BCUT2D eigenvalue weighted by Gasteiger charge is 2.32. The number of nitrogens with one attached hydrogen (secondary N) is 1. The van der Waals surface area contributed by atoms with Gasteiger partial charge in [0.1, 0.15) is 17.1 Å². The molecular weight excluding hydrogens is 258 g/mol. The van der Waals surface area contributed by atoms with Crippen LogP contribution < -0.4 is 14.8 Å². The molecule has 1 aliphatic heterocycles. The molecule has 20 heavy (non-hydrogen) atoms. The highest BCUT2D eigenvalue weighted by molar-refractivity contribution is 6.00. The van der Waals surface area contributed by atoms with Crippen molar-refractivity contribution in [3.63, 3.8) is 0 Å². The second-order valence-electron chi connectivity index (χ2n) is 5.39. The van der Waals surface area contributed by atoms with Gasteiger partial charge in [-0.1, -0.05) is 0 Å². The van der Waals surface area contributed by atoms with Gasteiger partial charge in [-0.15, -0.1) is 0 Å². The maximum atomic E-state index is 12.0. The summed E-state index contributed by atoms with van der Waals surface area (Å²) in [4.78, 5) is 23.1. The molecule has 0 atom stereocenters. The lowest BCUT2D eigenvalue weighted by Gasteiger charge is -2.31. The Morgan fingerprint density at radius 2 is 2.20 bits per heavy atom. The average molecular weight is 277 g/mol. The van der Waals surface area contributed by atoms with Crippen LogP contribution in [0.5, 0.6) is 11.5 Å². The number of amides is 1. The van der Waals surface area contributed by atoms with E-state index in [1.807, 2.05) is 13.8 Å². The first-order valence-corrected chi connectivity index (χ1v) is 6.61. The number of fused-ring (bicyclic) bond motifs is 1. The second kappa shape index (κ2) is 5.53. The number of benzene rings is 1. The highest BCUT2D eigenvalue weighted by atomic mass is 16.5. The minimum absolute atomic E-state index is 0.0736. The molecule has 0 spiro atoms. The van der Waals surface area contributed by atoms with Crippen LogP contribution >= 0.6 is 0 Å². The second-order valence-corrected chi connectivity index (χ2v) is 5.39. The number of carbonyl (C=O) groups is 2. The largest absolute Gasteiger partial charge is 0.493 e. The number of rotatable bonds is 4. The van der Waals surface area contributed by atoms with Crippen molar-refractivity contribution in [2.75, 3.05) is 13.7 Å². The summed E-state index contributed by atoms with van der Waals surface area (Å²) in [6.45, 7) is 4.05. The lowest BCUT2D eigenvalue weighted by atomic mass is 9.93. The van der Waals surface area contributed by atoms with Crippen LogP contribution in [0.25, 0.3) is 0 Å². The van der Waals surface area contributed by atoms with Crippen LogP contribution in [0.1, 0.15) is 37.0 Å². The molecule has 0 saturated carbocycles. The van der Waals surface area contributed by atoms with Gasteiger partial charge < -0.3 is 14.8 Å². The Bertz CT molecular complexity index is 537. The average Bonchev–Trinajstić information content (AvgIpc) is 2.36. The first-order chi connectivity index (χ1) is 9.41. The molecule has 5 nitrogen and oxygen atoms in total. The van der Waals surface area contributed by atoms with Crippen molar-refractivity contribution in [1.29, 1.82) is 0 Å². The molecule has 0 bridgehead atoms.